The third kappa shape index (κ3) is 5.87. The molecule has 2 N–H and O–H groups in total. The molecule has 0 aliphatic carbocycles. The molecule has 2 aliphatic rings. The van der Waals surface area contributed by atoms with Crippen molar-refractivity contribution in [1.82, 2.24) is 4.90 Å². The number of hydrogen-bond donors (Lipinski definition) is 1. The fraction of sp³-hybridized carbons (Fsp3) is 0.367. The van der Waals surface area contributed by atoms with Crippen molar-refractivity contribution in [2.24, 2.45) is 5.92 Å². The third-order valence-electron chi connectivity index (χ3n) is 7.84. The monoisotopic (exact) mass is 632 g/mol. The van der Waals surface area contributed by atoms with Gasteiger partial charge in [-0.15, -0.1) is 0 Å². The summed E-state index contributed by atoms with van der Waals surface area (Å²) in [6.45, 7) is 0.265. The SMILES string of the molecule is CN1[C@@H]2CC[C@H]1[C@H](C(=O)OCCc1ccc(N)c(I)c1)[C@@H](OC(c1ccc(F)cc1)c1ccc(F)cc1)C2. The van der Waals surface area contributed by atoms with Gasteiger partial charge in [0.15, 0.2) is 0 Å². The average Bonchev–Trinajstić information content (AvgIpc) is 3.13. The Bertz CT molecular complexity index is 1230. The van der Waals surface area contributed by atoms with Crippen molar-refractivity contribution in [2.45, 2.75) is 50.0 Å². The van der Waals surface area contributed by atoms with Crippen LogP contribution in [0.3, 0.4) is 0 Å². The number of nitrogen functional groups attached to an aromatic ring is 1. The van der Waals surface area contributed by atoms with Crippen LogP contribution in [-0.4, -0.2) is 42.7 Å². The van der Waals surface area contributed by atoms with Gasteiger partial charge >= 0.3 is 5.97 Å². The summed E-state index contributed by atoms with van der Waals surface area (Å²) in [6.07, 6.45) is 2.20. The van der Waals surface area contributed by atoms with Crippen molar-refractivity contribution in [2.75, 3.05) is 19.4 Å². The van der Waals surface area contributed by atoms with E-state index >= 15 is 0 Å². The van der Waals surface area contributed by atoms with E-state index in [0.29, 0.717) is 18.9 Å². The molecule has 5 nitrogen and oxygen atoms in total. The number of carbonyl (C=O) groups is 1. The Morgan fingerprint density at radius 1 is 1.03 bits per heavy atom. The molecule has 200 valence electrons. The molecule has 2 bridgehead atoms. The van der Waals surface area contributed by atoms with Crippen LogP contribution >= 0.6 is 22.6 Å². The molecule has 0 unspecified atom stereocenters. The molecule has 5 rings (SSSR count). The van der Waals surface area contributed by atoms with Gasteiger partial charge in [0.25, 0.3) is 0 Å². The molecule has 0 spiro atoms. The second-order valence-corrected chi connectivity index (χ2v) is 11.3. The zero-order chi connectivity index (χ0) is 26.8. The van der Waals surface area contributed by atoms with Crippen LogP contribution in [0.5, 0.6) is 0 Å². The molecule has 8 heteroatoms. The smallest absolute Gasteiger partial charge is 0.313 e. The molecule has 0 radical (unpaired) electrons. The first-order chi connectivity index (χ1) is 18.3. The van der Waals surface area contributed by atoms with Crippen molar-refractivity contribution in [1.29, 1.82) is 0 Å². The molecule has 3 aromatic rings. The van der Waals surface area contributed by atoms with Crippen LogP contribution in [0.4, 0.5) is 14.5 Å². The molecule has 0 aromatic heterocycles. The maximum Gasteiger partial charge on any atom is 0.313 e. The number of hydrogen-bond acceptors (Lipinski definition) is 5. The summed E-state index contributed by atoms with van der Waals surface area (Å²) in [5.41, 5.74) is 9.19. The zero-order valence-corrected chi connectivity index (χ0v) is 23.3. The quantitative estimate of drug-likeness (QED) is 0.191. The van der Waals surface area contributed by atoms with Crippen molar-refractivity contribution in [3.63, 3.8) is 0 Å². The molecule has 0 amide bonds. The van der Waals surface area contributed by atoms with E-state index in [9.17, 15) is 13.6 Å². The fourth-order valence-electron chi connectivity index (χ4n) is 5.76. The molecular formula is C30H31F2IN2O3. The Morgan fingerprint density at radius 3 is 2.26 bits per heavy atom. The lowest BCUT2D eigenvalue weighted by atomic mass is 9.87. The second kappa shape index (κ2) is 11.7. The van der Waals surface area contributed by atoms with Crippen LogP contribution in [-0.2, 0) is 20.7 Å². The second-order valence-electron chi connectivity index (χ2n) is 10.2. The van der Waals surface area contributed by atoms with E-state index < -0.39 is 18.1 Å². The van der Waals surface area contributed by atoms with Gasteiger partial charge in [-0.3, -0.25) is 9.69 Å². The fourth-order valence-corrected chi connectivity index (χ4v) is 6.34. The highest BCUT2D eigenvalue weighted by Gasteiger charge is 2.50. The van der Waals surface area contributed by atoms with E-state index in [-0.39, 0.29) is 30.3 Å². The Kier molecular flexibility index (Phi) is 8.30. The predicted molar refractivity (Wildman–Crippen MR) is 150 cm³/mol. The van der Waals surface area contributed by atoms with Gasteiger partial charge in [0.05, 0.1) is 18.6 Å². The maximum atomic E-state index is 13.7. The molecule has 38 heavy (non-hydrogen) atoms. The van der Waals surface area contributed by atoms with E-state index in [2.05, 4.69) is 34.5 Å². The summed E-state index contributed by atoms with van der Waals surface area (Å²) in [5, 5.41) is 0. The summed E-state index contributed by atoms with van der Waals surface area (Å²) in [7, 11) is 2.06. The Morgan fingerprint density at radius 2 is 1.66 bits per heavy atom. The first-order valence-corrected chi connectivity index (χ1v) is 14.0. The number of piperidine rings is 1. The van der Waals surface area contributed by atoms with E-state index in [0.717, 1.165) is 38.8 Å². The maximum absolute atomic E-state index is 13.7. The largest absolute Gasteiger partial charge is 0.465 e. The molecule has 4 atom stereocenters. The van der Waals surface area contributed by atoms with Crippen LogP contribution in [0.25, 0.3) is 0 Å². The Hall–Kier alpha value is -2.56. The highest BCUT2D eigenvalue weighted by Crippen LogP contribution is 2.42. The lowest BCUT2D eigenvalue weighted by Crippen LogP contribution is -2.53. The lowest BCUT2D eigenvalue weighted by Gasteiger charge is -2.42. The summed E-state index contributed by atoms with van der Waals surface area (Å²) in [4.78, 5) is 15.8. The van der Waals surface area contributed by atoms with E-state index in [1.165, 1.54) is 24.3 Å². The van der Waals surface area contributed by atoms with Gasteiger partial charge in [0.2, 0.25) is 0 Å². The number of anilines is 1. The lowest BCUT2D eigenvalue weighted by molar-refractivity contribution is -0.164. The molecule has 2 aliphatic heterocycles. The summed E-state index contributed by atoms with van der Waals surface area (Å²) in [5.74, 6) is -1.43. The van der Waals surface area contributed by atoms with Crippen molar-refractivity contribution in [3.05, 3.63) is 98.6 Å². The number of halogens is 3. The van der Waals surface area contributed by atoms with Crippen molar-refractivity contribution >= 4 is 34.2 Å². The first-order valence-electron chi connectivity index (χ1n) is 12.9. The number of nitrogens with two attached hydrogens (primary N) is 1. The molecule has 2 fully saturated rings. The molecule has 2 saturated heterocycles. The number of carbonyl (C=O) groups excluding carboxylic acids is 1. The minimum absolute atomic E-state index is 0.0193. The van der Waals surface area contributed by atoms with Crippen LogP contribution < -0.4 is 5.73 Å². The summed E-state index contributed by atoms with van der Waals surface area (Å²) in [6, 6.07) is 18.4. The van der Waals surface area contributed by atoms with Crippen LogP contribution in [0.15, 0.2) is 66.7 Å². The van der Waals surface area contributed by atoms with Crippen LogP contribution in [0.1, 0.15) is 42.1 Å². The van der Waals surface area contributed by atoms with Gasteiger partial charge in [-0.25, -0.2) is 8.78 Å². The molecule has 2 heterocycles. The normalized spacial score (nSPS) is 23.1. The number of ether oxygens (including phenoxy) is 2. The van der Waals surface area contributed by atoms with Gasteiger partial charge < -0.3 is 15.2 Å². The van der Waals surface area contributed by atoms with E-state index in [4.69, 9.17) is 15.2 Å². The zero-order valence-electron chi connectivity index (χ0n) is 21.2. The topological polar surface area (TPSA) is 64.8 Å². The van der Waals surface area contributed by atoms with Gasteiger partial charge in [0.1, 0.15) is 17.7 Å². The first kappa shape index (κ1) is 27.0. The van der Waals surface area contributed by atoms with Gasteiger partial charge in [-0.05, 0) is 102 Å². The standard InChI is InChI=1S/C30H31F2IN2O3/c1-35-23-11-13-26(35)28(30(36)37-15-14-18-2-12-25(34)24(33)16-18)27(17-23)38-29(19-3-7-21(31)8-4-19)20-5-9-22(32)10-6-20/h2-10,12,16,23,26-29H,11,13-15,17,34H2,1H3/t23-,26+,27+,28+/m1/s1. The average molecular weight is 632 g/mol. The van der Waals surface area contributed by atoms with Gasteiger partial charge in [0, 0.05) is 27.8 Å². The van der Waals surface area contributed by atoms with Crippen LogP contribution in [0, 0.1) is 21.1 Å². The number of fused-ring (bicyclic) bond motifs is 2. The highest BCUT2D eigenvalue weighted by atomic mass is 127. The Labute approximate surface area is 235 Å². The highest BCUT2D eigenvalue weighted by molar-refractivity contribution is 14.1. The number of benzene rings is 3. The van der Waals surface area contributed by atoms with Crippen LogP contribution in [0.2, 0.25) is 0 Å². The van der Waals surface area contributed by atoms with Gasteiger partial charge in [-0.2, -0.15) is 0 Å². The minimum atomic E-state index is -0.573. The van der Waals surface area contributed by atoms with Gasteiger partial charge in [-0.1, -0.05) is 30.3 Å². The minimum Gasteiger partial charge on any atom is -0.465 e. The third-order valence-corrected chi connectivity index (χ3v) is 8.78. The molecule has 0 saturated carbocycles. The van der Waals surface area contributed by atoms with E-state index in [1.54, 1.807) is 24.3 Å². The van der Waals surface area contributed by atoms with E-state index in [1.807, 2.05) is 18.2 Å². The Balaban J connectivity index is 1.36. The predicted octanol–water partition coefficient (Wildman–Crippen LogP) is 5.89. The van der Waals surface area contributed by atoms with Crippen molar-refractivity contribution in [3.8, 4) is 0 Å². The number of nitrogens with zero attached hydrogens (tertiary/aromatic N) is 1. The summed E-state index contributed by atoms with van der Waals surface area (Å²) >= 11 is 2.20. The molecular weight excluding hydrogens is 601 g/mol. The number of rotatable bonds is 8. The summed E-state index contributed by atoms with van der Waals surface area (Å²) < 4.78 is 40.9. The number of esters is 1. The molecule has 3 aromatic carbocycles. The van der Waals surface area contributed by atoms with Crippen molar-refractivity contribution < 1.29 is 23.0 Å².